The number of hydrogen-bond donors (Lipinski definition) is 3. The second-order valence-electron chi connectivity index (χ2n) is 3.95. The number of ether oxygens (including phenoxy) is 1. The monoisotopic (exact) mass is 270 g/mol. The lowest BCUT2D eigenvalue weighted by atomic mass is 10.2. The van der Waals surface area contributed by atoms with Crippen LogP contribution in [0.1, 0.15) is 12.1 Å². The molecule has 19 heavy (non-hydrogen) atoms. The third-order valence-corrected chi connectivity index (χ3v) is 2.57. The average Bonchev–Trinajstić information content (AvgIpc) is 2.77. The lowest BCUT2D eigenvalue weighted by molar-refractivity contribution is -0.139. The Morgan fingerprint density at radius 1 is 1.58 bits per heavy atom. The molecular weight excluding hydrogens is 252 g/mol. The van der Waals surface area contributed by atoms with Gasteiger partial charge in [-0.15, -0.1) is 0 Å². The Bertz CT molecular complexity index is 432. The third kappa shape index (κ3) is 4.96. The van der Waals surface area contributed by atoms with Crippen LogP contribution in [-0.4, -0.2) is 46.6 Å². The topological polar surface area (TPSA) is 105 Å². The molecular formula is C11H18N4O4. The number of urea groups is 1. The number of methoxy groups -OCH3 is 1. The van der Waals surface area contributed by atoms with E-state index in [9.17, 15) is 9.59 Å². The van der Waals surface area contributed by atoms with Crippen molar-refractivity contribution < 1.29 is 19.4 Å². The minimum Gasteiger partial charge on any atom is -0.480 e. The van der Waals surface area contributed by atoms with Crippen LogP contribution in [0, 0.1) is 0 Å². The van der Waals surface area contributed by atoms with E-state index in [0.29, 0.717) is 0 Å². The summed E-state index contributed by atoms with van der Waals surface area (Å²) in [7, 11) is 3.23. The minimum atomic E-state index is -1.09. The van der Waals surface area contributed by atoms with Gasteiger partial charge in [0.05, 0.1) is 12.2 Å². The van der Waals surface area contributed by atoms with Crippen molar-refractivity contribution in [2.75, 3.05) is 13.7 Å². The summed E-state index contributed by atoms with van der Waals surface area (Å²) in [4.78, 5) is 22.5. The van der Waals surface area contributed by atoms with Crippen LogP contribution >= 0.6 is 0 Å². The Labute approximate surface area is 110 Å². The van der Waals surface area contributed by atoms with Crippen molar-refractivity contribution in [2.24, 2.45) is 7.05 Å². The number of nitrogens with zero attached hydrogens (tertiary/aromatic N) is 2. The van der Waals surface area contributed by atoms with Gasteiger partial charge in [0.1, 0.15) is 6.04 Å². The van der Waals surface area contributed by atoms with Crippen molar-refractivity contribution in [3.05, 3.63) is 18.0 Å². The molecule has 0 saturated carbocycles. The summed E-state index contributed by atoms with van der Waals surface area (Å²) in [5.41, 5.74) is 0.818. The number of carboxylic acids is 1. The van der Waals surface area contributed by atoms with Gasteiger partial charge < -0.3 is 20.5 Å². The molecule has 1 atom stereocenters. The summed E-state index contributed by atoms with van der Waals surface area (Å²) >= 11 is 0. The molecule has 0 aliphatic rings. The number of aromatic nitrogens is 2. The summed E-state index contributed by atoms with van der Waals surface area (Å²) in [6, 6.07) is 0.260. The second-order valence-corrected chi connectivity index (χ2v) is 3.95. The number of rotatable bonds is 7. The van der Waals surface area contributed by atoms with Gasteiger partial charge in [0, 0.05) is 33.4 Å². The quantitative estimate of drug-likeness (QED) is 0.631. The summed E-state index contributed by atoms with van der Waals surface area (Å²) in [6.45, 7) is 0.540. The van der Waals surface area contributed by atoms with Gasteiger partial charge in [0.15, 0.2) is 0 Å². The van der Waals surface area contributed by atoms with Crippen molar-refractivity contribution >= 4 is 12.0 Å². The summed E-state index contributed by atoms with van der Waals surface area (Å²) in [6.07, 6.45) is 1.83. The van der Waals surface area contributed by atoms with Crippen molar-refractivity contribution in [3.63, 3.8) is 0 Å². The maximum absolute atomic E-state index is 11.6. The summed E-state index contributed by atoms with van der Waals surface area (Å²) in [5, 5.41) is 17.8. The number of hydrogen-bond acceptors (Lipinski definition) is 4. The van der Waals surface area contributed by atoms with Gasteiger partial charge in [-0.1, -0.05) is 0 Å². The van der Waals surface area contributed by atoms with Crippen LogP contribution in [0.4, 0.5) is 4.79 Å². The number of aliphatic carboxylic acids is 1. The Balaban J connectivity index is 2.40. The van der Waals surface area contributed by atoms with Gasteiger partial charge in [-0.2, -0.15) is 5.10 Å². The average molecular weight is 270 g/mol. The normalized spacial score (nSPS) is 11.9. The van der Waals surface area contributed by atoms with Crippen molar-refractivity contribution in [1.29, 1.82) is 0 Å². The summed E-state index contributed by atoms with van der Waals surface area (Å²) < 4.78 is 6.42. The second kappa shape index (κ2) is 7.37. The minimum absolute atomic E-state index is 0.213. The molecule has 1 heterocycles. The largest absolute Gasteiger partial charge is 0.480 e. The van der Waals surface area contributed by atoms with E-state index in [4.69, 9.17) is 9.84 Å². The first-order valence-electron chi connectivity index (χ1n) is 5.77. The van der Waals surface area contributed by atoms with E-state index in [2.05, 4.69) is 15.7 Å². The van der Waals surface area contributed by atoms with E-state index >= 15 is 0 Å². The number of amides is 2. The highest BCUT2D eigenvalue weighted by atomic mass is 16.5. The predicted molar refractivity (Wildman–Crippen MR) is 66.5 cm³/mol. The van der Waals surface area contributed by atoms with E-state index in [0.717, 1.165) is 5.69 Å². The van der Waals surface area contributed by atoms with Crippen molar-refractivity contribution in [2.45, 2.75) is 19.0 Å². The fourth-order valence-electron chi connectivity index (χ4n) is 1.45. The van der Waals surface area contributed by atoms with E-state index in [1.54, 1.807) is 24.0 Å². The van der Waals surface area contributed by atoms with Crippen LogP contribution in [0.5, 0.6) is 0 Å². The molecule has 106 valence electrons. The van der Waals surface area contributed by atoms with Gasteiger partial charge in [-0.3, -0.25) is 4.68 Å². The number of carbonyl (C=O) groups excluding carboxylic acids is 1. The van der Waals surface area contributed by atoms with Crippen LogP contribution in [0.3, 0.4) is 0 Å². The Kier molecular flexibility index (Phi) is 5.80. The van der Waals surface area contributed by atoms with Gasteiger partial charge in [-0.25, -0.2) is 9.59 Å². The van der Waals surface area contributed by atoms with Gasteiger partial charge in [-0.05, 0) is 6.07 Å². The Morgan fingerprint density at radius 2 is 2.32 bits per heavy atom. The Morgan fingerprint density at radius 3 is 2.84 bits per heavy atom. The molecule has 1 aromatic rings. The van der Waals surface area contributed by atoms with Crippen molar-refractivity contribution in [1.82, 2.24) is 20.4 Å². The third-order valence-electron chi connectivity index (χ3n) is 2.57. The van der Waals surface area contributed by atoms with Crippen LogP contribution in [-0.2, 0) is 23.1 Å². The molecule has 0 spiro atoms. The molecule has 0 bridgehead atoms. The molecule has 8 heteroatoms. The maximum Gasteiger partial charge on any atom is 0.326 e. The molecule has 0 aliphatic heterocycles. The first-order valence-corrected chi connectivity index (χ1v) is 5.77. The zero-order valence-electron chi connectivity index (χ0n) is 10.9. The molecule has 1 unspecified atom stereocenters. The van der Waals surface area contributed by atoms with E-state index in [1.807, 2.05) is 0 Å². The van der Waals surface area contributed by atoms with Crippen molar-refractivity contribution in [3.8, 4) is 0 Å². The SMILES string of the molecule is COCCC(NC(=O)NCc1ccnn1C)C(=O)O. The molecule has 3 N–H and O–H groups in total. The predicted octanol–water partition coefficient (Wildman–Crippen LogP) is -0.291. The molecule has 0 radical (unpaired) electrons. The fourth-order valence-corrected chi connectivity index (χ4v) is 1.45. The first kappa shape index (κ1) is 15.0. The maximum atomic E-state index is 11.6. The lowest BCUT2D eigenvalue weighted by Crippen LogP contribution is -2.46. The zero-order valence-corrected chi connectivity index (χ0v) is 10.9. The Hall–Kier alpha value is -2.09. The molecule has 0 aromatic carbocycles. The molecule has 1 aromatic heterocycles. The fraction of sp³-hybridized carbons (Fsp3) is 0.545. The number of carbonyl (C=O) groups is 2. The van der Waals surface area contributed by atoms with E-state index in [-0.39, 0.29) is 19.6 Å². The molecule has 2 amide bonds. The van der Waals surface area contributed by atoms with Gasteiger partial charge >= 0.3 is 12.0 Å². The highest BCUT2D eigenvalue weighted by molar-refractivity contribution is 5.82. The highest BCUT2D eigenvalue weighted by Gasteiger charge is 2.19. The smallest absolute Gasteiger partial charge is 0.326 e. The number of carboxylic acid groups (broad SMARTS) is 1. The molecule has 0 aliphatic carbocycles. The zero-order chi connectivity index (χ0) is 14.3. The molecule has 0 fully saturated rings. The first-order chi connectivity index (χ1) is 9.04. The number of nitrogens with one attached hydrogen (secondary N) is 2. The van der Waals surface area contributed by atoms with Crippen LogP contribution in [0.15, 0.2) is 12.3 Å². The molecule has 8 nitrogen and oxygen atoms in total. The molecule has 0 saturated heterocycles. The number of aryl methyl sites for hydroxylation is 1. The van der Waals surface area contributed by atoms with Crippen LogP contribution in [0.2, 0.25) is 0 Å². The molecule has 1 rings (SSSR count). The van der Waals surface area contributed by atoms with E-state index in [1.165, 1.54) is 7.11 Å². The van der Waals surface area contributed by atoms with E-state index < -0.39 is 18.0 Å². The summed E-state index contributed by atoms with van der Waals surface area (Å²) in [5.74, 6) is -1.09. The van der Waals surface area contributed by atoms with Gasteiger partial charge in [0.2, 0.25) is 0 Å². The van der Waals surface area contributed by atoms with Crippen LogP contribution < -0.4 is 10.6 Å². The van der Waals surface area contributed by atoms with Crippen LogP contribution in [0.25, 0.3) is 0 Å². The lowest BCUT2D eigenvalue weighted by Gasteiger charge is -2.14. The van der Waals surface area contributed by atoms with Gasteiger partial charge in [0.25, 0.3) is 0 Å². The highest BCUT2D eigenvalue weighted by Crippen LogP contribution is 1.96. The standard InChI is InChI=1S/C11H18N4O4/c1-15-8(3-5-13-15)7-12-11(18)14-9(10(16)17)4-6-19-2/h3,5,9H,4,6-7H2,1-2H3,(H,16,17)(H2,12,14,18).